The van der Waals surface area contributed by atoms with E-state index in [-0.39, 0.29) is 0 Å². The van der Waals surface area contributed by atoms with Gasteiger partial charge in [-0.3, -0.25) is 0 Å². The van der Waals surface area contributed by atoms with E-state index >= 15 is 0 Å². The summed E-state index contributed by atoms with van der Waals surface area (Å²) in [4.78, 5) is 0. The standard InChI is InChI=1S/C16H18O2/c1-13-5-3-6-14(9-13)12-18-16-8-4-7-15(10-16)11-17-2/h3-10H,11-12H2,1-2H3. The van der Waals surface area contributed by atoms with Crippen LogP contribution in [-0.2, 0) is 18.0 Å². The van der Waals surface area contributed by atoms with Gasteiger partial charge in [-0.1, -0.05) is 42.0 Å². The van der Waals surface area contributed by atoms with Crippen LogP contribution in [0.5, 0.6) is 5.75 Å². The van der Waals surface area contributed by atoms with Gasteiger partial charge in [0.25, 0.3) is 0 Å². The Morgan fingerprint density at radius 1 is 0.889 bits per heavy atom. The summed E-state index contributed by atoms with van der Waals surface area (Å²) in [6, 6.07) is 16.3. The van der Waals surface area contributed by atoms with Gasteiger partial charge in [-0.25, -0.2) is 0 Å². The van der Waals surface area contributed by atoms with Crippen LogP contribution in [0.4, 0.5) is 0 Å². The van der Waals surface area contributed by atoms with E-state index in [2.05, 4.69) is 31.2 Å². The topological polar surface area (TPSA) is 18.5 Å². The first-order valence-electron chi connectivity index (χ1n) is 6.04. The molecule has 0 unspecified atom stereocenters. The van der Waals surface area contributed by atoms with Crippen LogP contribution in [0.3, 0.4) is 0 Å². The van der Waals surface area contributed by atoms with E-state index in [9.17, 15) is 0 Å². The lowest BCUT2D eigenvalue weighted by molar-refractivity contribution is 0.184. The van der Waals surface area contributed by atoms with Gasteiger partial charge >= 0.3 is 0 Å². The highest BCUT2D eigenvalue weighted by Crippen LogP contribution is 2.16. The van der Waals surface area contributed by atoms with Crippen LogP contribution >= 0.6 is 0 Å². The molecule has 18 heavy (non-hydrogen) atoms. The van der Waals surface area contributed by atoms with Crippen molar-refractivity contribution in [3.05, 3.63) is 65.2 Å². The van der Waals surface area contributed by atoms with E-state index < -0.39 is 0 Å². The predicted octanol–water partition coefficient (Wildman–Crippen LogP) is 3.72. The summed E-state index contributed by atoms with van der Waals surface area (Å²) in [5, 5.41) is 0. The fraction of sp³-hybridized carbons (Fsp3) is 0.250. The molecule has 0 amide bonds. The van der Waals surface area contributed by atoms with Crippen molar-refractivity contribution >= 4 is 0 Å². The zero-order valence-electron chi connectivity index (χ0n) is 10.8. The largest absolute Gasteiger partial charge is 0.489 e. The average Bonchev–Trinajstić information content (AvgIpc) is 2.37. The van der Waals surface area contributed by atoms with Gasteiger partial charge in [-0.15, -0.1) is 0 Å². The highest BCUT2D eigenvalue weighted by atomic mass is 16.5. The summed E-state index contributed by atoms with van der Waals surface area (Å²) in [5.41, 5.74) is 3.57. The van der Waals surface area contributed by atoms with Gasteiger partial charge in [0, 0.05) is 7.11 Å². The summed E-state index contributed by atoms with van der Waals surface area (Å²) in [6.45, 7) is 3.29. The van der Waals surface area contributed by atoms with Crippen molar-refractivity contribution < 1.29 is 9.47 Å². The third-order valence-corrected chi connectivity index (χ3v) is 2.70. The molecule has 2 heteroatoms. The molecule has 0 radical (unpaired) electrons. The molecule has 2 rings (SSSR count). The SMILES string of the molecule is COCc1cccc(OCc2cccc(C)c2)c1. The smallest absolute Gasteiger partial charge is 0.120 e. The number of rotatable bonds is 5. The maximum atomic E-state index is 5.78. The summed E-state index contributed by atoms with van der Waals surface area (Å²) >= 11 is 0. The Balaban J connectivity index is 1.99. The highest BCUT2D eigenvalue weighted by Gasteiger charge is 1.98. The first-order valence-corrected chi connectivity index (χ1v) is 6.04. The van der Waals surface area contributed by atoms with Crippen molar-refractivity contribution in [2.24, 2.45) is 0 Å². The molecule has 0 aromatic heterocycles. The minimum absolute atomic E-state index is 0.595. The number of ether oxygens (including phenoxy) is 2. The van der Waals surface area contributed by atoms with E-state index in [1.165, 1.54) is 11.1 Å². The van der Waals surface area contributed by atoms with Crippen LogP contribution in [0.15, 0.2) is 48.5 Å². The fourth-order valence-electron chi connectivity index (χ4n) is 1.86. The molecule has 94 valence electrons. The van der Waals surface area contributed by atoms with E-state index in [1.807, 2.05) is 24.3 Å². The van der Waals surface area contributed by atoms with Crippen molar-refractivity contribution in [1.82, 2.24) is 0 Å². The molecular formula is C16H18O2. The first-order chi connectivity index (χ1) is 8.78. The van der Waals surface area contributed by atoms with Gasteiger partial charge in [-0.2, -0.15) is 0 Å². The number of aryl methyl sites for hydroxylation is 1. The van der Waals surface area contributed by atoms with Crippen LogP contribution in [0, 0.1) is 6.92 Å². The van der Waals surface area contributed by atoms with E-state index in [0.717, 1.165) is 11.3 Å². The van der Waals surface area contributed by atoms with Crippen molar-refractivity contribution in [2.75, 3.05) is 7.11 Å². The zero-order chi connectivity index (χ0) is 12.8. The third-order valence-electron chi connectivity index (χ3n) is 2.70. The number of benzene rings is 2. The molecule has 0 saturated carbocycles. The maximum absolute atomic E-state index is 5.78. The van der Waals surface area contributed by atoms with Crippen LogP contribution in [0.25, 0.3) is 0 Å². The Hall–Kier alpha value is -1.80. The molecule has 0 heterocycles. The monoisotopic (exact) mass is 242 g/mol. The van der Waals surface area contributed by atoms with Gasteiger partial charge in [-0.05, 0) is 30.2 Å². The lowest BCUT2D eigenvalue weighted by Gasteiger charge is -2.08. The van der Waals surface area contributed by atoms with Crippen LogP contribution < -0.4 is 4.74 Å². The number of hydrogen-bond acceptors (Lipinski definition) is 2. The summed E-state index contributed by atoms with van der Waals surface area (Å²) in [6.07, 6.45) is 0. The van der Waals surface area contributed by atoms with Crippen LogP contribution in [0.2, 0.25) is 0 Å². The second-order valence-corrected chi connectivity index (χ2v) is 4.36. The van der Waals surface area contributed by atoms with E-state index in [1.54, 1.807) is 7.11 Å². The fourth-order valence-corrected chi connectivity index (χ4v) is 1.86. The van der Waals surface area contributed by atoms with Crippen molar-refractivity contribution in [3.63, 3.8) is 0 Å². The van der Waals surface area contributed by atoms with Crippen LogP contribution in [-0.4, -0.2) is 7.11 Å². The lowest BCUT2D eigenvalue weighted by Crippen LogP contribution is -1.96. The molecule has 2 aromatic rings. The minimum Gasteiger partial charge on any atom is -0.489 e. The highest BCUT2D eigenvalue weighted by molar-refractivity contribution is 5.29. The van der Waals surface area contributed by atoms with Gasteiger partial charge in [0.05, 0.1) is 6.61 Å². The first kappa shape index (κ1) is 12.7. The molecule has 0 spiro atoms. The number of hydrogen-bond donors (Lipinski definition) is 0. The molecule has 0 aliphatic heterocycles. The molecule has 0 N–H and O–H groups in total. The predicted molar refractivity (Wildman–Crippen MR) is 72.7 cm³/mol. The van der Waals surface area contributed by atoms with Gasteiger partial charge in [0.2, 0.25) is 0 Å². The van der Waals surface area contributed by atoms with Gasteiger partial charge < -0.3 is 9.47 Å². The van der Waals surface area contributed by atoms with E-state index in [4.69, 9.17) is 9.47 Å². The molecule has 0 bridgehead atoms. The quantitative estimate of drug-likeness (QED) is 0.795. The maximum Gasteiger partial charge on any atom is 0.120 e. The van der Waals surface area contributed by atoms with Crippen molar-refractivity contribution in [1.29, 1.82) is 0 Å². The van der Waals surface area contributed by atoms with Gasteiger partial charge in [0.15, 0.2) is 0 Å². The third kappa shape index (κ3) is 3.60. The molecule has 0 saturated heterocycles. The normalized spacial score (nSPS) is 10.3. The molecule has 0 aliphatic rings. The number of methoxy groups -OCH3 is 1. The molecular weight excluding hydrogens is 224 g/mol. The summed E-state index contributed by atoms with van der Waals surface area (Å²) in [5.74, 6) is 0.881. The van der Waals surface area contributed by atoms with E-state index in [0.29, 0.717) is 13.2 Å². The molecule has 2 nitrogen and oxygen atoms in total. The summed E-state index contributed by atoms with van der Waals surface area (Å²) < 4.78 is 10.9. The van der Waals surface area contributed by atoms with Crippen LogP contribution in [0.1, 0.15) is 16.7 Å². The molecule has 0 atom stereocenters. The second-order valence-electron chi connectivity index (χ2n) is 4.36. The Labute approximate surface area is 108 Å². The second kappa shape index (κ2) is 6.22. The zero-order valence-corrected chi connectivity index (χ0v) is 10.8. The van der Waals surface area contributed by atoms with Crippen molar-refractivity contribution in [3.8, 4) is 5.75 Å². The Morgan fingerprint density at radius 2 is 1.61 bits per heavy atom. The average molecular weight is 242 g/mol. The minimum atomic E-state index is 0.595. The molecule has 0 fully saturated rings. The Morgan fingerprint density at radius 3 is 2.33 bits per heavy atom. The summed E-state index contributed by atoms with van der Waals surface area (Å²) in [7, 11) is 1.69. The molecule has 0 aliphatic carbocycles. The lowest BCUT2D eigenvalue weighted by atomic mass is 10.1. The Kier molecular flexibility index (Phi) is 4.37. The van der Waals surface area contributed by atoms with Gasteiger partial charge in [0.1, 0.15) is 12.4 Å². The Bertz CT molecular complexity index is 506. The molecule has 2 aromatic carbocycles. The van der Waals surface area contributed by atoms with Crippen molar-refractivity contribution in [2.45, 2.75) is 20.1 Å².